The van der Waals surface area contributed by atoms with Crippen LogP contribution in [0.1, 0.15) is 15.9 Å². The molecule has 3 aromatic rings. The minimum absolute atomic E-state index is 0.195. The Bertz CT molecular complexity index is 965. The third-order valence-electron chi connectivity index (χ3n) is 3.89. The fourth-order valence-electron chi connectivity index (χ4n) is 2.45. The number of hydrazone groups is 1. The van der Waals surface area contributed by atoms with Crippen molar-refractivity contribution in [2.45, 2.75) is 0 Å². The lowest BCUT2D eigenvalue weighted by Gasteiger charge is -2.05. The van der Waals surface area contributed by atoms with Crippen LogP contribution in [0.4, 0.5) is 0 Å². The third-order valence-corrected chi connectivity index (χ3v) is 3.89. The maximum atomic E-state index is 12.0. The minimum atomic E-state index is -0.442. The zero-order valence-electron chi connectivity index (χ0n) is 15.2. The van der Waals surface area contributed by atoms with Gasteiger partial charge in [0.2, 0.25) is 0 Å². The van der Waals surface area contributed by atoms with Crippen LogP contribution in [0.3, 0.4) is 0 Å². The van der Waals surface area contributed by atoms with Crippen LogP contribution in [0.25, 0.3) is 11.3 Å². The number of aromatic amines is 1. The largest absolute Gasteiger partial charge is 0.497 e. The molecule has 0 aliphatic carbocycles. The molecule has 28 heavy (non-hydrogen) atoms. The summed E-state index contributed by atoms with van der Waals surface area (Å²) in [6.07, 6.45) is 3.11. The topological polar surface area (TPSA) is 108 Å². The van der Waals surface area contributed by atoms with Gasteiger partial charge in [0.15, 0.2) is 0 Å². The average Bonchev–Trinajstić information content (AvgIpc) is 3.21. The first-order valence-corrected chi connectivity index (χ1v) is 8.50. The fourth-order valence-corrected chi connectivity index (χ4v) is 2.45. The van der Waals surface area contributed by atoms with Gasteiger partial charge in [0.1, 0.15) is 5.75 Å². The first-order chi connectivity index (χ1) is 13.7. The third kappa shape index (κ3) is 4.82. The lowest BCUT2D eigenvalue weighted by atomic mass is 10.1. The van der Waals surface area contributed by atoms with E-state index < -0.39 is 5.91 Å². The van der Waals surface area contributed by atoms with Gasteiger partial charge in [-0.25, -0.2) is 5.43 Å². The van der Waals surface area contributed by atoms with Gasteiger partial charge in [-0.1, -0.05) is 30.3 Å². The van der Waals surface area contributed by atoms with Crippen LogP contribution in [-0.4, -0.2) is 41.9 Å². The number of hydrogen-bond acceptors (Lipinski definition) is 5. The number of hydrogen-bond donors (Lipinski definition) is 3. The van der Waals surface area contributed by atoms with Crippen LogP contribution in [0, 0.1) is 0 Å². The number of carbonyl (C=O) groups is 2. The quantitative estimate of drug-likeness (QED) is 0.432. The summed E-state index contributed by atoms with van der Waals surface area (Å²) in [4.78, 5) is 23.9. The number of carbonyl (C=O) groups excluding carboxylic acids is 2. The summed E-state index contributed by atoms with van der Waals surface area (Å²) in [5.41, 5.74) is 5.30. The lowest BCUT2D eigenvalue weighted by Crippen LogP contribution is -2.34. The van der Waals surface area contributed by atoms with Crippen LogP contribution in [0.2, 0.25) is 0 Å². The molecule has 8 heteroatoms. The summed E-state index contributed by atoms with van der Waals surface area (Å²) < 4.78 is 5.04. The van der Waals surface area contributed by atoms with Crippen molar-refractivity contribution in [3.63, 3.8) is 0 Å². The number of rotatable bonds is 7. The van der Waals surface area contributed by atoms with Crippen molar-refractivity contribution in [2.24, 2.45) is 5.10 Å². The monoisotopic (exact) mass is 377 g/mol. The first-order valence-electron chi connectivity index (χ1n) is 8.50. The molecule has 1 aromatic heterocycles. The summed E-state index contributed by atoms with van der Waals surface area (Å²) in [5.74, 6) is -0.149. The maximum Gasteiger partial charge on any atom is 0.259 e. The second kappa shape index (κ2) is 9.13. The molecule has 142 valence electrons. The summed E-state index contributed by atoms with van der Waals surface area (Å²) >= 11 is 0. The molecule has 0 saturated carbocycles. The van der Waals surface area contributed by atoms with E-state index in [0.717, 1.165) is 16.8 Å². The molecule has 2 amide bonds. The summed E-state index contributed by atoms with van der Waals surface area (Å²) in [7, 11) is 1.55. The molecule has 0 saturated heterocycles. The second-order valence-electron chi connectivity index (χ2n) is 5.77. The highest BCUT2D eigenvalue weighted by Gasteiger charge is 2.08. The highest BCUT2D eigenvalue weighted by Crippen LogP contribution is 2.18. The van der Waals surface area contributed by atoms with Crippen molar-refractivity contribution < 1.29 is 14.3 Å². The molecule has 8 nitrogen and oxygen atoms in total. The summed E-state index contributed by atoms with van der Waals surface area (Å²) in [6.45, 7) is -0.195. The van der Waals surface area contributed by atoms with Gasteiger partial charge in [-0.15, -0.1) is 0 Å². The Balaban J connectivity index is 1.51. The molecule has 0 radical (unpaired) electrons. The van der Waals surface area contributed by atoms with Crippen LogP contribution < -0.4 is 15.5 Å². The van der Waals surface area contributed by atoms with Crippen molar-refractivity contribution in [1.82, 2.24) is 20.9 Å². The molecule has 0 atom stereocenters. The maximum absolute atomic E-state index is 12.0. The van der Waals surface area contributed by atoms with Crippen molar-refractivity contribution >= 4 is 18.0 Å². The number of aromatic nitrogens is 2. The van der Waals surface area contributed by atoms with Crippen molar-refractivity contribution in [1.29, 1.82) is 0 Å². The van der Waals surface area contributed by atoms with E-state index >= 15 is 0 Å². The van der Waals surface area contributed by atoms with Crippen molar-refractivity contribution in [3.05, 3.63) is 71.9 Å². The molecule has 3 rings (SSSR count). The second-order valence-corrected chi connectivity index (χ2v) is 5.77. The number of ether oxygens (including phenoxy) is 1. The van der Waals surface area contributed by atoms with E-state index in [1.54, 1.807) is 37.6 Å². The molecule has 3 N–H and O–H groups in total. The van der Waals surface area contributed by atoms with Gasteiger partial charge in [0.25, 0.3) is 11.8 Å². The highest BCUT2D eigenvalue weighted by atomic mass is 16.5. The lowest BCUT2D eigenvalue weighted by molar-refractivity contribution is -0.120. The molecule has 0 spiro atoms. The predicted molar refractivity (Wildman–Crippen MR) is 105 cm³/mol. The van der Waals surface area contributed by atoms with Gasteiger partial charge >= 0.3 is 0 Å². The number of amides is 2. The van der Waals surface area contributed by atoms with Gasteiger partial charge in [-0.3, -0.25) is 14.7 Å². The van der Waals surface area contributed by atoms with Gasteiger partial charge in [0, 0.05) is 16.7 Å². The van der Waals surface area contributed by atoms with E-state index in [-0.39, 0.29) is 12.5 Å². The number of methoxy groups -OCH3 is 1. The van der Waals surface area contributed by atoms with E-state index in [1.165, 1.54) is 6.21 Å². The van der Waals surface area contributed by atoms with Crippen LogP contribution in [-0.2, 0) is 4.79 Å². The molecule has 0 aliphatic rings. The van der Waals surface area contributed by atoms with Crippen molar-refractivity contribution in [2.75, 3.05) is 13.7 Å². The van der Waals surface area contributed by atoms with Gasteiger partial charge in [-0.2, -0.15) is 10.2 Å². The molecule has 2 aromatic carbocycles. The molecular formula is C20H19N5O3. The smallest absolute Gasteiger partial charge is 0.259 e. The van der Waals surface area contributed by atoms with E-state index in [9.17, 15) is 9.59 Å². The zero-order chi connectivity index (χ0) is 19.8. The van der Waals surface area contributed by atoms with Crippen LogP contribution in [0.15, 0.2) is 65.9 Å². The first kappa shape index (κ1) is 18.8. The Morgan fingerprint density at radius 1 is 1.14 bits per heavy atom. The summed E-state index contributed by atoms with van der Waals surface area (Å²) in [6, 6.07) is 16.2. The SMILES string of the molecule is COc1ccc(C(=O)NCC(=O)N/N=C\c2cn[nH]c2-c2ccccc2)cc1. The number of nitrogens with one attached hydrogen (secondary N) is 3. The van der Waals surface area contributed by atoms with E-state index in [1.807, 2.05) is 30.3 Å². The van der Waals surface area contributed by atoms with Gasteiger partial charge in [0.05, 0.1) is 31.8 Å². The fraction of sp³-hybridized carbons (Fsp3) is 0.100. The predicted octanol–water partition coefficient (Wildman–Crippen LogP) is 1.97. The van der Waals surface area contributed by atoms with Crippen molar-refractivity contribution in [3.8, 4) is 17.0 Å². The molecule has 0 fully saturated rings. The van der Waals surface area contributed by atoms with E-state index in [4.69, 9.17) is 4.74 Å². The highest BCUT2D eigenvalue weighted by molar-refractivity contribution is 5.96. The summed E-state index contributed by atoms with van der Waals surface area (Å²) in [5, 5.41) is 13.4. The molecule has 0 aliphatic heterocycles. The Morgan fingerprint density at radius 2 is 1.89 bits per heavy atom. The van der Waals surface area contributed by atoms with Gasteiger partial charge < -0.3 is 10.1 Å². The number of H-pyrrole nitrogens is 1. The number of benzene rings is 2. The van der Waals surface area contributed by atoms with E-state index in [0.29, 0.717) is 11.3 Å². The Morgan fingerprint density at radius 3 is 2.61 bits per heavy atom. The standard InChI is InChI=1S/C20H19N5O3/c1-28-17-9-7-15(8-10-17)20(27)21-13-18(26)24-22-11-16-12-23-25-19(16)14-5-3-2-4-6-14/h2-12H,13H2,1H3,(H,21,27)(H,23,25)(H,24,26)/b22-11-. The van der Waals surface area contributed by atoms with Crippen LogP contribution >= 0.6 is 0 Å². The zero-order valence-corrected chi connectivity index (χ0v) is 15.2. The number of nitrogens with zero attached hydrogens (tertiary/aromatic N) is 2. The molecule has 0 bridgehead atoms. The van der Waals surface area contributed by atoms with E-state index in [2.05, 4.69) is 26.0 Å². The molecule has 0 unspecified atom stereocenters. The van der Waals surface area contributed by atoms with Crippen LogP contribution in [0.5, 0.6) is 5.75 Å². The Hall–Kier alpha value is -3.94. The average molecular weight is 377 g/mol. The normalized spacial score (nSPS) is 10.6. The Kier molecular flexibility index (Phi) is 6.14. The van der Waals surface area contributed by atoms with Gasteiger partial charge in [-0.05, 0) is 24.3 Å². The Labute approximate surface area is 161 Å². The minimum Gasteiger partial charge on any atom is -0.497 e. The molecular weight excluding hydrogens is 358 g/mol. The molecule has 1 heterocycles.